The van der Waals surface area contributed by atoms with Crippen LogP contribution >= 0.6 is 0 Å². The number of amides is 1. The van der Waals surface area contributed by atoms with Crippen LogP contribution in [-0.2, 0) is 11.2 Å². The zero-order chi connectivity index (χ0) is 20.8. The SMILES string of the molecule is CC([CH]c1oc2cc(F)ccc2c(=O)c1Cc1ccccc1)C(=O)NCCC[AsH2]. The van der Waals surface area contributed by atoms with E-state index in [2.05, 4.69) is 5.32 Å². The summed E-state index contributed by atoms with van der Waals surface area (Å²) < 4.78 is 19.6. The third kappa shape index (κ3) is 5.36. The molecule has 1 heterocycles. The number of rotatable bonds is 8. The van der Waals surface area contributed by atoms with Crippen molar-refractivity contribution in [2.75, 3.05) is 6.54 Å². The average Bonchev–Trinajstić information content (AvgIpc) is 2.71. The maximum absolute atomic E-state index is 13.7. The topological polar surface area (TPSA) is 59.3 Å². The van der Waals surface area contributed by atoms with Gasteiger partial charge in [-0.2, -0.15) is 0 Å². The summed E-state index contributed by atoms with van der Waals surface area (Å²) >= 11 is 1.63. The van der Waals surface area contributed by atoms with E-state index >= 15 is 0 Å². The number of carbonyl (C=O) groups excluding carboxylic acids is 1. The summed E-state index contributed by atoms with van der Waals surface area (Å²) in [7, 11) is 0. The molecule has 0 aliphatic carbocycles. The first kappa shape index (κ1) is 21.3. The Hall–Kier alpha value is -2.39. The summed E-state index contributed by atoms with van der Waals surface area (Å²) in [6.45, 7) is 2.38. The van der Waals surface area contributed by atoms with Crippen molar-refractivity contribution in [3.63, 3.8) is 0 Å². The van der Waals surface area contributed by atoms with Gasteiger partial charge in [0, 0.05) is 0 Å². The molecule has 6 heteroatoms. The van der Waals surface area contributed by atoms with E-state index in [0.717, 1.165) is 17.2 Å². The van der Waals surface area contributed by atoms with Crippen LogP contribution in [0, 0.1) is 18.2 Å². The fourth-order valence-corrected chi connectivity index (χ4v) is 3.53. The van der Waals surface area contributed by atoms with Crippen molar-refractivity contribution in [3.05, 3.63) is 87.9 Å². The first-order chi connectivity index (χ1) is 14.0. The third-order valence-corrected chi connectivity index (χ3v) is 5.56. The number of fused-ring (bicyclic) bond motifs is 1. The molecular weight excluding hydrogens is 432 g/mol. The molecule has 2 aromatic carbocycles. The van der Waals surface area contributed by atoms with Gasteiger partial charge >= 0.3 is 149 Å². The summed E-state index contributed by atoms with van der Waals surface area (Å²) in [4.78, 5) is 25.5. The van der Waals surface area contributed by atoms with E-state index in [9.17, 15) is 14.0 Å². The predicted molar refractivity (Wildman–Crippen MR) is 115 cm³/mol. The summed E-state index contributed by atoms with van der Waals surface area (Å²) in [5, 5.41) is 4.28. The predicted octanol–water partition coefficient (Wildman–Crippen LogP) is 3.27. The molecule has 0 fully saturated rings. The number of halogens is 1. The maximum atomic E-state index is 13.7. The molecule has 0 bridgehead atoms. The van der Waals surface area contributed by atoms with Crippen molar-refractivity contribution in [3.8, 4) is 0 Å². The Labute approximate surface area is 178 Å². The van der Waals surface area contributed by atoms with Crippen LogP contribution < -0.4 is 10.7 Å². The molecule has 2 atom stereocenters. The number of hydrogen-bond acceptors (Lipinski definition) is 3. The van der Waals surface area contributed by atoms with Crippen molar-refractivity contribution in [2.24, 2.45) is 5.92 Å². The second-order valence-electron chi connectivity index (χ2n) is 6.97. The second-order valence-corrected chi connectivity index (χ2v) is 8.18. The van der Waals surface area contributed by atoms with Gasteiger partial charge in [-0.05, 0) is 6.07 Å². The van der Waals surface area contributed by atoms with E-state index in [4.69, 9.17) is 4.42 Å². The number of benzene rings is 2. The van der Waals surface area contributed by atoms with Crippen LogP contribution in [0.5, 0.6) is 0 Å². The monoisotopic (exact) mass is 456 g/mol. The van der Waals surface area contributed by atoms with Crippen molar-refractivity contribution < 1.29 is 13.6 Å². The summed E-state index contributed by atoms with van der Waals surface area (Å²) in [5.74, 6) is -0.771. The van der Waals surface area contributed by atoms with Crippen LogP contribution in [-0.4, -0.2) is 29.3 Å². The van der Waals surface area contributed by atoms with Crippen LogP contribution in [0.4, 0.5) is 4.39 Å². The first-order valence-corrected chi connectivity index (χ1v) is 11.3. The van der Waals surface area contributed by atoms with Crippen molar-refractivity contribution in [1.82, 2.24) is 5.32 Å². The van der Waals surface area contributed by atoms with Crippen molar-refractivity contribution in [2.45, 2.75) is 25.0 Å². The fourth-order valence-electron chi connectivity index (χ4n) is 3.10. The number of hydrogen-bond donors (Lipinski definition) is 1. The van der Waals surface area contributed by atoms with Crippen molar-refractivity contribution >= 4 is 33.7 Å². The Kier molecular flexibility index (Phi) is 7.27. The molecule has 1 N–H and O–H groups in total. The normalized spacial score (nSPS) is 12.1. The van der Waals surface area contributed by atoms with Gasteiger partial charge in [0.2, 0.25) is 0 Å². The zero-order valence-electron chi connectivity index (χ0n) is 16.3. The summed E-state index contributed by atoms with van der Waals surface area (Å²) in [5.41, 5.74) is 1.39. The van der Waals surface area contributed by atoms with Gasteiger partial charge in [-0.1, -0.05) is 18.2 Å². The van der Waals surface area contributed by atoms with Gasteiger partial charge in [0.15, 0.2) is 0 Å². The van der Waals surface area contributed by atoms with Gasteiger partial charge in [0.25, 0.3) is 0 Å². The Morgan fingerprint density at radius 2 is 2.00 bits per heavy atom. The Bertz CT molecular complexity index is 1050. The molecule has 1 amide bonds. The van der Waals surface area contributed by atoms with E-state index in [1.165, 1.54) is 18.2 Å². The Morgan fingerprint density at radius 1 is 1.24 bits per heavy atom. The van der Waals surface area contributed by atoms with Crippen LogP contribution in [0.15, 0.2) is 57.7 Å². The Morgan fingerprint density at radius 3 is 2.72 bits per heavy atom. The minimum absolute atomic E-state index is 0.126. The molecule has 3 rings (SSSR count). The molecule has 0 saturated heterocycles. The average molecular weight is 456 g/mol. The van der Waals surface area contributed by atoms with Crippen molar-refractivity contribution in [1.29, 1.82) is 0 Å². The molecule has 0 aliphatic rings. The van der Waals surface area contributed by atoms with E-state index in [1.807, 2.05) is 30.3 Å². The van der Waals surface area contributed by atoms with E-state index in [1.54, 1.807) is 30.2 Å². The van der Waals surface area contributed by atoms with E-state index in [0.29, 0.717) is 29.7 Å². The zero-order valence-corrected chi connectivity index (χ0v) is 18.7. The van der Waals surface area contributed by atoms with E-state index in [-0.39, 0.29) is 16.9 Å². The molecule has 1 radical (unpaired) electrons. The van der Waals surface area contributed by atoms with Gasteiger partial charge in [-0.3, -0.25) is 0 Å². The van der Waals surface area contributed by atoms with E-state index < -0.39 is 11.7 Å². The third-order valence-electron chi connectivity index (χ3n) is 4.70. The van der Waals surface area contributed by atoms with Crippen LogP contribution in [0.3, 0.4) is 0 Å². The Balaban J connectivity index is 1.97. The molecular formula is C23H24AsFNO3. The number of nitrogens with one attached hydrogen (secondary N) is 1. The molecule has 0 aliphatic heterocycles. The standard InChI is InChI=1S/C23H24AsFNO3/c1-15(23(28)26-11-5-10-24)12-20-19(13-16-6-3-2-4-7-16)22(27)18-9-8-17(25)14-21(18)29-20/h2-4,6-9,12,14-15H,5,10-11,13,24H2,1H3,(H,26,28). The molecule has 2 unspecified atom stereocenters. The number of carbonyl (C=O) groups is 1. The van der Waals surface area contributed by atoms with Gasteiger partial charge < -0.3 is 0 Å². The minimum atomic E-state index is -0.485. The molecule has 0 spiro atoms. The van der Waals surface area contributed by atoms with Gasteiger partial charge in [-0.15, -0.1) is 0 Å². The molecule has 151 valence electrons. The molecule has 29 heavy (non-hydrogen) atoms. The first-order valence-electron chi connectivity index (χ1n) is 9.61. The molecule has 1 aromatic heterocycles. The van der Waals surface area contributed by atoms with Crippen LogP contribution in [0.1, 0.15) is 30.2 Å². The van der Waals surface area contributed by atoms with Crippen LogP contribution in [0.25, 0.3) is 11.0 Å². The quantitative estimate of drug-likeness (QED) is 0.418. The van der Waals surface area contributed by atoms with Gasteiger partial charge in [0.1, 0.15) is 0 Å². The molecule has 4 nitrogen and oxygen atoms in total. The molecule has 3 aromatic rings. The van der Waals surface area contributed by atoms with Gasteiger partial charge in [0.05, 0.1) is 0 Å². The summed E-state index contributed by atoms with van der Waals surface area (Å²) in [6, 6.07) is 13.5. The van der Waals surface area contributed by atoms with Crippen LogP contribution in [0.2, 0.25) is 5.21 Å². The van der Waals surface area contributed by atoms with Gasteiger partial charge in [-0.25, -0.2) is 4.39 Å². The fraction of sp³-hybridized carbons (Fsp3) is 0.261. The molecule has 0 saturated carbocycles. The summed E-state index contributed by atoms with van der Waals surface area (Å²) in [6.07, 6.45) is 2.95. The second kappa shape index (κ2) is 9.88.